The Bertz CT molecular complexity index is 951. The van der Waals surface area contributed by atoms with E-state index in [-0.39, 0.29) is 11.2 Å². The topological polar surface area (TPSA) is 72.7 Å². The third-order valence-corrected chi connectivity index (χ3v) is 5.83. The molecule has 0 radical (unpaired) electrons. The van der Waals surface area contributed by atoms with E-state index in [1.54, 1.807) is 12.4 Å². The van der Waals surface area contributed by atoms with Crippen molar-refractivity contribution < 1.29 is 4.79 Å². The van der Waals surface area contributed by atoms with Crippen molar-refractivity contribution in [3.63, 3.8) is 0 Å². The third kappa shape index (κ3) is 4.09. The minimum Gasteiger partial charge on any atom is -0.325 e. The van der Waals surface area contributed by atoms with Crippen LogP contribution in [0.15, 0.2) is 53.9 Å². The number of aryl methyl sites for hydroxylation is 1. The first-order valence-corrected chi connectivity index (χ1v) is 10.5. The molecule has 144 valence electrons. The van der Waals surface area contributed by atoms with Crippen molar-refractivity contribution in [2.24, 2.45) is 0 Å². The summed E-state index contributed by atoms with van der Waals surface area (Å²) >= 11 is 1.45. The Hall–Kier alpha value is -2.67. The molecule has 0 spiro atoms. The van der Waals surface area contributed by atoms with E-state index in [1.807, 2.05) is 43.3 Å². The van der Waals surface area contributed by atoms with Gasteiger partial charge in [0.05, 0.1) is 5.25 Å². The van der Waals surface area contributed by atoms with Crippen LogP contribution in [0.2, 0.25) is 0 Å². The molecule has 28 heavy (non-hydrogen) atoms. The minimum atomic E-state index is -0.283. The van der Waals surface area contributed by atoms with E-state index in [9.17, 15) is 4.79 Å². The largest absolute Gasteiger partial charge is 0.325 e. The van der Waals surface area contributed by atoms with E-state index >= 15 is 0 Å². The second kappa shape index (κ2) is 8.14. The van der Waals surface area contributed by atoms with Gasteiger partial charge in [-0.15, -0.1) is 10.2 Å². The zero-order valence-electron chi connectivity index (χ0n) is 16.0. The Balaban J connectivity index is 1.49. The van der Waals surface area contributed by atoms with Crippen LogP contribution in [-0.2, 0) is 11.2 Å². The summed E-state index contributed by atoms with van der Waals surface area (Å²) in [4.78, 5) is 16.8. The van der Waals surface area contributed by atoms with Crippen LogP contribution >= 0.6 is 11.8 Å². The lowest BCUT2D eigenvalue weighted by molar-refractivity contribution is -0.115. The third-order valence-electron chi connectivity index (χ3n) is 4.78. The van der Waals surface area contributed by atoms with Gasteiger partial charge >= 0.3 is 0 Å². The molecular weight excluding hydrogens is 370 g/mol. The number of nitrogens with zero attached hydrogens (tertiary/aromatic N) is 4. The van der Waals surface area contributed by atoms with Crippen molar-refractivity contribution in [1.29, 1.82) is 0 Å². The molecule has 2 heterocycles. The van der Waals surface area contributed by atoms with E-state index in [0.29, 0.717) is 6.04 Å². The van der Waals surface area contributed by atoms with E-state index in [4.69, 9.17) is 0 Å². The Labute approximate surface area is 168 Å². The SMILES string of the molecule is CCc1ccc(NC(=O)C(C)Sc2nnc(-c3cccnc3)n2C2CC2)cc1. The number of nitrogens with one attached hydrogen (secondary N) is 1. The lowest BCUT2D eigenvalue weighted by atomic mass is 10.1. The fourth-order valence-corrected chi connectivity index (χ4v) is 3.91. The van der Waals surface area contributed by atoms with Gasteiger partial charge < -0.3 is 5.32 Å². The monoisotopic (exact) mass is 393 g/mol. The summed E-state index contributed by atoms with van der Waals surface area (Å²) in [7, 11) is 0. The highest BCUT2D eigenvalue weighted by molar-refractivity contribution is 8.00. The fraction of sp³-hybridized carbons (Fsp3) is 0.333. The molecule has 1 atom stereocenters. The van der Waals surface area contributed by atoms with Crippen LogP contribution in [0.4, 0.5) is 5.69 Å². The summed E-state index contributed by atoms with van der Waals surface area (Å²) in [5, 5.41) is 12.2. The van der Waals surface area contributed by atoms with Gasteiger partial charge in [0.15, 0.2) is 11.0 Å². The van der Waals surface area contributed by atoms with Crippen molar-refractivity contribution in [2.75, 3.05) is 5.32 Å². The molecule has 1 fully saturated rings. The van der Waals surface area contributed by atoms with Crippen LogP contribution in [-0.4, -0.2) is 30.9 Å². The lowest BCUT2D eigenvalue weighted by Crippen LogP contribution is -2.23. The van der Waals surface area contributed by atoms with Crippen molar-refractivity contribution in [3.05, 3.63) is 54.4 Å². The van der Waals surface area contributed by atoms with E-state index < -0.39 is 0 Å². The van der Waals surface area contributed by atoms with Gasteiger partial charge in [0.1, 0.15) is 0 Å². The highest BCUT2D eigenvalue weighted by Crippen LogP contribution is 2.41. The number of hydrogen-bond donors (Lipinski definition) is 1. The molecule has 6 nitrogen and oxygen atoms in total. The summed E-state index contributed by atoms with van der Waals surface area (Å²) < 4.78 is 2.15. The Morgan fingerprint density at radius 2 is 2.04 bits per heavy atom. The number of pyridine rings is 1. The van der Waals surface area contributed by atoms with Crippen LogP contribution < -0.4 is 5.32 Å². The van der Waals surface area contributed by atoms with Crippen molar-refractivity contribution >= 4 is 23.4 Å². The van der Waals surface area contributed by atoms with Crippen LogP contribution in [0.25, 0.3) is 11.4 Å². The maximum atomic E-state index is 12.6. The zero-order chi connectivity index (χ0) is 19.5. The smallest absolute Gasteiger partial charge is 0.237 e. The molecule has 1 aliphatic carbocycles. The predicted octanol–water partition coefficient (Wildman–Crippen LogP) is 4.36. The molecule has 1 aromatic carbocycles. The van der Waals surface area contributed by atoms with Crippen molar-refractivity contribution in [3.8, 4) is 11.4 Å². The van der Waals surface area contributed by atoms with Gasteiger partial charge in [-0.25, -0.2) is 0 Å². The summed E-state index contributed by atoms with van der Waals surface area (Å²) in [6.45, 7) is 4.01. The van der Waals surface area contributed by atoms with Gasteiger partial charge in [0, 0.05) is 29.7 Å². The number of rotatable bonds is 7. The van der Waals surface area contributed by atoms with Crippen LogP contribution in [0, 0.1) is 0 Å². The molecule has 0 saturated heterocycles. The lowest BCUT2D eigenvalue weighted by Gasteiger charge is -2.13. The number of carbonyl (C=O) groups excluding carboxylic acids is 1. The normalized spacial score (nSPS) is 14.6. The standard InChI is InChI=1S/C21H23N5OS/c1-3-15-6-8-17(9-7-15)23-20(27)14(2)28-21-25-24-19(26(21)18-10-11-18)16-5-4-12-22-13-16/h4-9,12-14,18H,3,10-11H2,1-2H3,(H,23,27). The zero-order valence-corrected chi connectivity index (χ0v) is 16.8. The predicted molar refractivity (Wildman–Crippen MR) is 111 cm³/mol. The molecule has 1 amide bonds. The minimum absolute atomic E-state index is 0.0393. The summed E-state index contributed by atoms with van der Waals surface area (Å²) in [6.07, 6.45) is 6.76. The average Bonchev–Trinajstić information content (AvgIpc) is 3.49. The molecule has 1 unspecified atom stereocenters. The van der Waals surface area contributed by atoms with E-state index in [0.717, 1.165) is 41.5 Å². The number of hydrogen-bond acceptors (Lipinski definition) is 5. The van der Waals surface area contributed by atoms with Crippen LogP contribution in [0.1, 0.15) is 38.3 Å². The molecule has 2 aromatic heterocycles. The molecule has 0 bridgehead atoms. The molecule has 3 aromatic rings. The first kappa shape index (κ1) is 18.7. The number of thioether (sulfide) groups is 1. The molecule has 0 aliphatic heterocycles. The molecule has 1 aliphatic rings. The molecule has 4 rings (SSSR count). The van der Waals surface area contributed by atoms with Gasteiger partial charge in [-0.1, -0.05) is 30.8 Å². The number of benzene rings is 1. The number of anilines is 1. The first-order chi connectivity index (χ1) is 13.7. The second-order valence-corrected chi connectivity index (χ2v) is 8.26. The molecule has 1 N–H and O–H groups in total. The van der Waals surface area contributed by atoms with E-state index in [2.05, 4.69) is 32.0 Å². The van der Waals surface area contributed by atoms with Gasteiger partial charge in [-0.3, -0.25) is 14.3 Å². The quantitative estimate of drug-likeness (QED) is 0.604. The highest BCUT2D eigenvalue weighted by atomic mass is 32.2. The Morgan fingerprint density at radius 1 is 1.25 bits per heavy atom. The number of amides is 1. The number of aromatic nitrogens is 4. The first-order valence-electron chi connectivity index (χ1n) is 9.57. The number of carbonyl (C=O) groups is 1. The molecule has 1 saturated carbocycles. The highest BCUT2D eigenvalue weighted by Gasteiger charge is 2.31. The summed E-state index contributed by atoms with van der Waals surface area (Å²) in [5.41, 5.74) is 3.01. The Morgan fingerprint density at radius 3 is 2.68 bits per heavy atom. The molecule has 7 heteroatoms. The molecular formula is C21H23N5OS. The maximum absolute atomic E-state index is 12.6. The Kier molecular flexibility index (Phi) is 5.43. The van der Waals surface area contributed by atoms with Crippen molar-refractivity contribution in [1.82, 2.24) is 19.7 Å². The average molecular weight is 394 g/mol. The maximum Gasteiger partial charge on any atom is 0.237 e. The van der Waals surface area contributed by atoms with Crippen LogP contribution in [0.5, 0.6) is 0 Å². The van der Waals surface area contributed by atoms with E-state index in [1.165, 1.54) is 17.3 Å². The second-order valence-electron chi connectivity index (χ2n) is 6.95. The van der Waals surface area contributed by atoms with Crippen molar-refractivity contribution in [2.45, 2.75) is 49.6 Å². The van der Waals surface area contributed by atoms with Gasteiger partial charge in [-0.2, -0.15) is 0 Å². The van der Waals surface area contributed by atoms with Crippen LogP contribution in [0.3, 0.4) is 0 Å². The summed E-state index contributed by atoms with van der Waals surface area (Å²) in [5.74, 6) is 0.781. The summed E-state index contributed by atoms with van der Waals surface area (Å²) in [6, 6.07) is 12.3. The fourth-order valence-electron chi connectivity index (χ4n) is 2.99. The van der Waals surface area contributed by atoms with Gasteiger partial charge in [0.2, 0.25) is 5.91 Å². The van der Waals surface area contributed by atoms with Gasteiger partial charge in [-0.05, 0) is 56.0 Å². The van der Waals surface area contributed by atoms with Gasteiger partial charge in [0.25, 0.3) is 0 Å².